The maximum Gasteiger partial charge on any atom is 0.0978 e. The van der Waals surface area contributed by atoms with Gasteiger partial charge < -0.3 is 15.0 Å². The van der Waals surface area contributed by atoms with Crippen molar-refractivity contribution in [3.63, 3.8) is 0 Å². The number of nitrogens with zero attached hydrogens (tertiary/aromatic N) is 2. The molecule has 0 spiro atoms. The molecule has 4 nitrogen and oxygen atoms in total. The van der Waals surface area contributed by atoms with Crippen molar-refractivity contribution in [2.45, 2.75) is 50.8 Å². The molecule has 1 aromatic heterocycles. The first-order valence-corrected chi connectivity index (χ1v) is 9.99. The highest BCUT2D eigenvalue weighted by Gasteiger charge is 2.26. The molecule has 0 bridgehead atoms. The zero-order valence-corrected chi connectivity index (χ0v) is 15.4. The van der Waals surface area contributed by atoms with Gasteiger partial charge in [0.05, 0.1) is 6.10 Å². The van der Waals surface area contributed by atoms with Crippen LogP contribution in [0.4, 0.5) is 5.69 Å². The van der Waals surface area contributed by atoms with Crippen LogP contribution in [-0.4, -0.2) is 30.7 Å². The summed E-state index contributed by atoms with van der Waals surface area (Å²) >= 11 is 0. The number of piperidine rings is 1. The zero-order valence-electron chi connectivity index (χ0n) is 15.4. The van der Waals surface area contributed by atoms with Crippen LogP contribution in [0.3, 0.4) is 0 Å². The summed E-state index contributed by atoms with van der Waals surface area (Å²) in [6, 6.07) is 13.6. The van der Waals surface area contributed by atoms with E-state index in [9.17, 15) is 0 Å². The Bertz CT molecular complexity index is 668. The maximum atomic E-state index is 6.07. The second-order valence-corrected chi connectivity index (χ2v) is 7.42. The second-order valence-electron chi connectivity index (χ2n) is 7.42. The number of hydrogen-bond donors (Lipinski definition) is 1. The predicted molar refractivity (Wildman–Crippen MR) is 105 cm³/mol. The molecule has 0 saturated carbocycles. The van der Waals surface area contributed by atoms with Gasteiger partial charge in [-0.25, -0.2) is 0 Å². The number of pyridine rings is 1. The normalized spacial score (nSPS) is 23.8. The average molecular weight is 351 g/mol. The molecule has 2 aliphatic heterocycles. The van der Waals surface area contributed by atoms with E-state index in [4.69, 9.17) is 4.74 Å². The Morgan fingerprint density at radius 1 is 0.962 bits per heavy atom. The third kappa shape index (κ3) is 4.25. The Kier molecular flexibility index (Phi) is 5.82. The Morgan fingerprint density at radius 2 is 1.73 bits per heavy atom. The topological polar surface area (TPSA) is 37.4 Å². The number of nitrogens with one attached hydrogen (secondary N) is 1. The molecule has 0 radical (unpaired) electrons. The fourth-order valence-electron chi connectivity index (χ4n) is 4.10. The monoisotopic (exact) mass is 351 g/mol. The number of hydrogen-bond acceptors (Lipinski definition) is 4. The summed E-state index contributed by atoms with van der Waals surface area (Å²) in [5.74, 6) is 0. The first-order valence-electron chi connectivity index (χ1n) is 9.99. The lowest BCUT2D eigenvalue weighted by Crippen LogP contribution is -2.39. The molecule has 1 aromatic carbocycles. The Labute approximate surface area is 156 Å². The largest absolute Gasteiger partial charge is 0.372 e. The summed E-state index contributed by atoms with van der Waals surface area (Å²) in [4.78, 5) is 6.63. The standard InChI is InChI=1S/C22H29N3O/c1-2-14-25(15-3-1)20-8-6-18(7-9-20)17-24-21-5-4-16-26-22(21)19-10-12-23-13-11-19/h6-13,21-22,24H,1-5,14-17H2/t21-,22+/m0/s1. The van der Waals surface area contributed by atoms with E-state index in [1.54, 1.807) is 0 Å². The molecule has 138 valence electrons. The molecule has 2 atom stereocenters. The molecule has 2 aliphatic rings. The van der Waals surface area contributed by atoms with E-state index in [1.807, 2.05) is 12.4 Å². The third-order valence-corrected chi connectivity index (χ3v) is 5.58. The number of benzene rings is 1. The van der Waals surface area contributed by atoms with Crippen LogP contribution in [0.25, 0.3) is 0 Å². The average Bonchev–Trinajstić information content (AvgIpc) is 2.74. The third-order valence-electron chi connectivity index (χ3n) is 5.58. The lowest BCUT2D eigenvalue weighted by atomic mass is 9.96. The SMILES string of the molecule is c1cc([C@H]2OCCC[C@@H]2NCc2ccc(N3CCCCC3)cc2)ccn1. The first kappa shape index (κ1) is 17.5. The van der Waals surface area contributed by atoms with E-state index in [0.717, 1.165) is 26.0 Å². The zero-order chi connectivity index (χ0) is 17.6. The van der Waals surface area contributed by atoms with E-state index in [1.165, 1.54) is 49.2 Å². The minimum Gasteiger partial charge on any atom is -0.372 e. The van der Waals surface area contributed by atoms with Gasteiger partial charge in [-0.3, -0.25) is 4.98 Å². The van der Waals surface area contributed by atoms with Crippen LogP contribution in [0.2, 0.25) is 0 Å². The van der Waals surface area contributed by atoms with Crippen LogP contribution < -0.4 is 10.2 Å². The second kappa shape index (κ2) is 8.65. The van der Waals surface area contributed by atoms with Crippen LogP contribution in [0.1, 0.15) is 49.3 Å². The Balaban J connectivity index is 1.36. The van der Waals surface area contributed by atoms with Gasteiger partial charge in [0.25, 0.3) is 0 Å². The van der Waals surface area contributed by atoms with Crippen molar-refractivity contribution in [2.24, 2.45) is 0 Å². The van der Waals surface area contributed by atoms with Crippen molar-refractivity contribution in [1.29, 1.82) is 0 Å². The van der Waals surface area contributed by atoms with E-state index in [2.05, 4.69) is 51.6 Å². The highest BCUT2D eigenvalue weighted by molar-refractivity contribution is 5.47. The van der Waals surface area contributed by atoms with Crippen LogP contribution in [0.5, 0.6) is 0 Å². The molecule has 4 heteroatoms. The molecular weight excluding hydrogens is 322 g/mol. The molecular formula is C22H29N3O. The van der Waals surface area contributed by atoms with Crippen molar-refractivity contribution in [3.05, 3.63) is 59.9 Å². The lowest BCUT2D eigenvalue weighted by molar-refractivity contribution is -0.0112. The molecule has 0 aliphatic carbocycles. The summed E-state index contributed by atoms with van der Waals surface area (Å²) in [5, 5.41) is 3.73. The summed E-state index contributed by atoms with van der Waals surface area (Å²) in [6.07, 6.45) is 10.1. The number of aromatic nitrogens is 1. The summed E-state index contributed by atoms with van der Waals surface area (Å²) in [5.41, 5.74) is 3.92. The molecule has 2 aromatic rings. The number of anilines is 1. The molecule has 0 amide bonds. The summed E-state index contributed by atoms with van der Waals surface area (Å²) in [6.45, 7) is 4.13. The molecule has 1 N–H and O–H groups in total. The van der Waals surface area contributed by atoms with Gasteiger partial charge in [-0.15, -0.1) is 0 Å². The van der Waals surface area contributed by atoms with Gasteiger partial charge in [0.15, 0.2) is 0 Å². The van der Waals surface area contributed by atoms with Gasteiger partial charge in [0.2, 0.25) is 0 Å². The number of rotatable bonds is 5. The fourth-order valence-corrected chi connectivity index (χ4v) is 4.10. The highest BCUT2D eigenvalue weighted by Crippen LogP contribution is 2.28. The molecule has 3 heterocycles. The lowest BCUT2D eigenvalue weighted by Gasteiger charge is -2.33. The van der Waals surface area contributed by atoms with Crippen molar-refractivity contribution >= 4 is 5.69 Å². The van der Waals surface area contributed by atoms with E-state index < -0.39 is 0 Å². The maximum absolute atomic E-state index is 6.07. The minimum atomic E-state index is 0.124. The van der Waals surface area contributed by atoms with Crippen LogP contribution in [0.15, 0.2) is 48.8 Å². The first-order chi connectivity index (χ1) is 12.9. The quantitative estimate of drug-likeness (QED) is 0.881. The van der Waals surface area contributed by atoms with Gasteiger partial charge in [0.1, 0.15) is 0 Å². The van der Waals surface area contributed by atoms with E-state index in [-0.39, 0.29) is 6.10 Å². The molecule has 2 saturated heterocycles. The Morgan fingerprint density at radius 3 is 2.50 bits per heavy atom. The van der Waals surface area contributed by atoms with Gasteiger partial charge in [0, 0.05) is 50.4 Å². The summed E-state index contributed by atoms with van der Waals surface area (Å²) in [7, 11) is 0. The van der Waals surface area contributed by atoms with Crippen molar-refractivity contribution in [3.8, 4) is 0 Å². The molecule has 0 unspecified atom stereocenters. The van der Waals surface area contributed by atoms with Crippen molar-refractivity contribution in [2.75, 3.05) is 24.6 Å². The van der Waals surface area contributed by atoms with Crippen molar-refractivity contribution in [1.82, 2.24) is 10.3 Å². The van der Waals surface area contributed by atoms with Gasteiger partial charge in [-0.1, -0.05) is 12.1 Å². The van der Waals surface area contributed by atoms with E-state index >= 15 is 0 Å². The predicted octanol–water partition coefficient (Wildman–Crippen LogP) is 4.08. The minimum absolute atomic E-state index is 0.124. The Hall–Kier alpha value is -1.91. The molecule has 2 fully saturated rings. The molecule has 4 rings (SSSR count). The summed E-state index contributed by atoms with van der Waals surface area (Å²) < 4.78 is 6.07. The fraction of sp³-hybridized carbons (Fsp3) is 0.500. The molecule has 26 heavy (non-hydrogen) atoms. The highest BCUT2D eigenvalue weighted by atomic mass is 16.5. The van der Waals surface area contributed by atoms with E-state index in [0.29, 0.717) is 6.04 Å². The van der Waals surface area contributed by atoms with Gasteiger partial charge in [-0.05, 0) is 67.5 Å². The smallest absolute Gasteiger partial charge is 0.0978 e. The number of ether oxygens (including phenoxy) is 1. The van der Waals surface area contributed by atoms with Crippen LogP contribution in [0, 0.1) is 0 Å². The van der Waals surface area contributed by atoms with Crippen molar-refractivity contribution < 1.29 is 4.74 Å². The van der Waals surface area contributed by atoms with Gasteiger partial charge >= 0.3 is 0 Å². The van der Waals surface area contributed by atoms with Crippen LogP contribution in [-0.2, 0) is 11.3 Å². The van der Waals surface area contributed by atoms with Gasteiger partial charge in [-0.2, -0.15) is 0 Å². The van der Waals surface area contributed by atoms with Crippen LogP contribution >= 0.6 is 0 Å².